The summed E-state index contributed by atoms with van der Waals surface area (Å²) in [5, 5.41) is 0. The van der Waals surface area contributed by atoms with Crippen molar-refractivity contribution in [3.63, 3.8) is 0 Å². The molecule has 12 heavy (non-hydrogen) atoms. The molecular formula is C7H23Si4Zr-. The van der Waals surface area contributed by atoms with Gasteiger partial charge in [0.25, 0.3) is 0 Å². The molecule has 0 saturated heterocycles. The molecule has 0 aliphatic heterocycles. The molecule has 72 valence electrons. The van der Waals surface area contributed by atoms with Crippen molar-refractivity contribution in [3.05, 3.63) is 6.55 Å². The predicted molar refractivity (Wildman–Crippen MR) is 67.7 cm³/mol. The van der Waals surface area contributed by atoms with Crippen LogP contribution in [0.5, 0.6) is 0 Å². The molecule has 0 aliphatic carbocycles. The largest absolute Gasteiger partial charge is 0.348 e. The Morgan fingerprint density at radius 1 is 0.750 bits per heavy atom. The molecule has 0 aliphatic rings. The Morgan fingerprint density at radius 2 is 0.917 bits per heavy atom. The minimum atomic E-state index is -0.815. The van der Waals surface area contributed by atoms with Gasteiger partial charge >= 0.3 is 0 Å². The van der Waals surface area contributed by atoms with Crippen LogP contribution in [0.25, 0.3) is 0 Å². The van der Waals surface area contributed by atoms with E-state index in [-0.39, 0.29) is 51.1 Å². The minimum absolute atomic E-state index is 0. The Balaban J connectivity index is 0. The van der Waals surface area contributed by atoms with Crippen molar-refractivity contribution >= 4 is 31.6 Å². The predicted octanol–water partition coefficient (Wildman–Crippen LogP) is 1.50. The molecule has 0 unspecified atom stereocenters. The molecule has 0 fully saturated rings. The van der Waals surface area contributed by atoms with Crippen LogP contribution in [-0.4, -0.2) is 31.6 Å². The molecule has 0 nitrogen and oxygen atoms in total. The van der Waals surface area contributed by atoms with E-state index < -0.39 is 6.63 Å². The van der Waals surface area contributed by atoms with Gasteiger partial charge in [0.05, 0.1) is 0 Å². The van der Waals surface area contributed by atoms with Crippen molar-refractivity contribution in [1.82, 2.24) is 0 Å². The first-order valence-electron chi connectivity index (χ1n) is 4.68. The third kappa shape index (κ3) is 3.48. The molecule has 0 radical (unpaired) electrons. The van der Waals surface area contributed by atoms with Crippen molar-refractivity contribution in [2.45, 2.75) is 39.3 Å². The summed E-state index contributed by atoms with van der Waals surface area (Å²) in [7, 11) is -1.09. The van der Waals surface area contributed by atoms with Crippen molar-refractivity contribution in [2.75, 3.05) is 0 Å². The fourth-order valence-corrected chi connectivity index (χ4v) is 54.0. The molecular weight excluding hydrogens is 288 g/mol. The monoisotopic (exact) mass is 309 g/mol. The summed E-state index contributed by atoms with van der Waals surface area (Å²) in [6.45, 7) is 19.1. The van der Waals surface area contributed by atoms with Gasteiger partial charge in [-0.05, 0) is 24.9 Å². The van der Waals surface area contributed by atoms with Crippen molar-refractivity contribution in [3.8, 4) is 0 Å². The second-order valence-electron chi connectivity index (χ2n) is 4.58. The van der Waals surface area contributed by atoms with Gasteiger partial charge in [0.15, 0.2) is 0 Å². The maximum absolute atomic E-state index is 4.69. The zero-order chi connectivity index (χ0) is 9.23. The Hall–Kier alpha value is 1.75. The third-order valence-corrected chi connectivity index (χ3v) is 65.0. The average Bonchev–Trinajstić information content (AvgIpc) is 1.84. The molecule has 0 aromatic heterocycles. The Kier molecular flexibility index (Phi) is 8.47. The van der Waals surface area contributed by atoms with Gasteiger partial charge in [0.1, 0.15) is 0 Å². The summed E-state index contributed by atoms with van der Waals surface area (Å²) in [5.41, 5.74) is 0. The molecule has 0 heterocycles. The third-order valence-electron chi connectivity index (χ3n) is 3.22. The molecule has 0 spiro atoms. The molecule has 0 N–H and O–H groups in total. The Labute approximate surface area is 103 Å². The van der Waals surface area contributed by atoms with Gasteiger partial charge in [0.2, 0.25) is 0 Å². The van der Waals surface area contributed by atoms with Gasteiger partial charge in [-0.2, -0.15) is 0 Å². The van der Waals surface area contributed by atoms with Gasteiger partial charge in [0, 0.05) is 26.2 Å². The smallest absolute Gasteiger partial charge is 0 e. The Bertz CT molecular complexity index is 103. The van der Waals surface area contributed by atoms with Crippen LogP contribution in [0.1, 0.15) is 0 Å². The van der Waals surface area contributed by atoms with Gasteiger partial charge in [-0.1, -0.05) is 39.3 Å². The SMILES string of the molecule is [CH2-][Si]([SiH](C)C)([SiH](C)C)[SiH](C)C.[Zr]. The van der Waals surface area contributed by atoms with E-state index in [0.717, 1.165) is 0 Å². The fraction of sp³-hybridized carbons (Fsp3) is 0.857. The van der Waals surface area contributed by atoms with Crippen LogP contribution >= 0.6 is 0 Å². The van der Waals surface area contributed by atoms with Gasteiger partial charge < -0.3 is 6.55 Å². The zero-order valence-electron chi connectivity index (χ0n) is 9.44. The van der Waals surface area contributed by atoms with Crippen molar-refractivity contribution < 1.29 is 26.2 Å². The van der Waals surface area contributed by atoms with Crippen LogP contribution in [0, 0.1) is 6.55 Å². The fourth-order valence-electron chi connectivity index (χ4n) is 2.00. The van der Waals surface area contributed by atoms with Crippen LogP contribution < -0.4 is 0 Å². The van der Waals surface area contributed by atoms with E-state index >= 15 is 0 Å². The number of hydrogen-bond donors (Lipinski definition) is 0. The molecule has 0 aromatic rings. The van der Waals surface area contributed by atoms with Crippen LogP contribution in [0.2, 0.25) is 39.3 Å². The van der Waals surface area contributed by atoms with Crippen molar-refractivity contribution in [2.24, 2.45) is 0 Å². The van der Waals surface area contributed by atoms with E-state index in [1.165, 1.54) is 0 Å². The van der Waals surface area contributed by atoms with E-state index in [1.807, 2.05) is 0 Å². The van der Waals surface area contributed by atoms with Gasteiger partial charge in [-0.25, -0.2) is 0 Å². The molecule has 0 amide bonds. The van der Waals surface area contributed by atoms with E-state index in [2.05, 4.69) is 39.3 Å². The van der Waals surface area contributed by atoms with Crippen LogP contribution in [0.4, 0.5) is 0 Å². The van der Waals surface area contributed by atoms with Gasteiger partial charge in [-0.3, -0.25) is 0 Å². The van der Waals surface area contributed by atoms with E-state index in [9.17, 15) is 0 Å². The second kappa shape index (κ2) is 6.27. The molecule has 0 aromatic carbocycles. The van der Waals surface area contributed by atoms with E-state index in [0.29, 0.717) is 0 Å². The molecule has 0 rings (SSSR count). The Morgan fingerprint density at radius 3 is 0.917 bits per heavy atom. The normalized spacial score (nSPS) is 12.5. The standard InChI is InChI=1S/C7H23Si4.Zr/c1-8(2)11(7,9(3)4)10(5)6;/h8-10H,7H2,1-6H3;/q-1;. The zero-order valence-corrected chi connectivity index (χ0v) is 16.4. The maximum Gasteiger partial charge on any atom is 0 e. The summed E-state index contributed by atoms with van der Waals surface area (Å²) >= 11 is 0. The first-order valence-corrected chi connectivity index (χ1v) is 19.2. The summed E-state index contributed by atoms with van der Waals surface area (Å²) in [5.74, 6) is 0. The maximum atomic E-state index is 4.69. The first kappa shape index (κ1) is 16.2. The van der Waals surface area contributed by atoms with E-state index in [1.54, 1.807) is 0 Å². The number of hydrogen-bond acceptors (Lipinski definition) is 0. The van der Waals surface area contributed by atoms with Crippen LogP contribution in [0.15, 0.2) is 0 Å². The summed E-state index contributed by atoms with van der Waals surface area (Å²) < 4.78 is 0. The van der Waals surface area contributed by atoms with Gasteiger partial charge in [-0.15, -0.1) is 6.63 Å². The number of rotatable bonds is 3. The average molecular weight is 311 g/mol. The minimum Gasteiger partial charge on any atom is -0.348 e. The summed E-state index contributed by atoms with van der Waals surface area (Å²) in [6.07, 6.45) is 0. The second-order valence-corrected chi connectivity index (χ2v) is 39.8. The van der Waals surface area contributed by atoms with E-state index in [4.69, 9.17) is 6.55 Å². The van der Waals surface area contributed by atoms with Crippen molar-refractivity contribution in [1.29, 1.82) is 0 Å². The summed E-state index contributed by atoms with van der Waals surface area (Å²) in [6, 6.07) is 0. The summed E-state index contributed by atoms with van der Waals surface area (Å²) in [4.78, 5) is 0. The quantitative estimate of drug-likeness (QED) is 0.547. The van der Waals surface area contributed by atoms with Crippen LogP contribution in [-0.2, 0) is 26.2 Å². The molecule has 5 heteroatoms. The topological polar surface area (TPSA) is 0 Å². The molecule has 0 atom stereocenters. The van der Waals surface area contributed by atoms with Crippen LogP contribution in [0.3, 0.4) is 0 Å². The molecule has 0 saturated carbocycles. The first-order chi connectivity index (χ1) is 4.83. The molecule has 0 bridgehead atoms.